The molecule has 0 saturated heterocycles. The first-order valence-corrected chi connectivity index (χ1v) is 11.5. The molecule has 170 valence electrons. The first-order valence-electron chi connectivity index (χ1n) is 11.5. The lowest BCUT2D eigenvalue weighted by molar-refractivity contribution is -0.167. The lowest BCUT2D eigenvalue weighted by atomic mass is 9.84. The van der Waals surface area contributed by atoms with Crippen LogP contribution in [0.4, 0.5) is 5.69 Å². The van der Waals surface area contributed by atoms with E-state index in [0.29, 0.717) is 5.96 Å². The van der Waals surface area contributed by atoms with Gasteiger partial charge in [0.1, 0.15) is 6.54 Å². The summed E-state index contributed by atoms with van der Waals surface area (Å²) in [7, 11) is 0. The van der Waals surface area contributed by atoms with Crippen LogP contribution in [-0.4, -0.2) is 35.7 Å². The summed E-state index contributed by atoms with van der Waals surface area (Å²) in [6.07, 6.45) is 8.91. The fraction of sp³-hybridized carbons (Fsp3) is 0.346. The van der Waals surface area contributed by atoms with E-state index in [0.717, 1.165) is 30.2 Å². The molecule has 0 amide bonds. The Morgan fingerprint density at radius 3 is 2.27 bits per heavy atom. The molecule has 33 heavy (non-hydrogen) atoms. The molecule has 7 nitrogen and oxygen atoms in total. The Hall–Kier alpha value is -3.61. The lowest BCUT2D eigenvalue weighted by Gasteiger charge is -2.22. The topological polar surface area (TPSA) is 80.2 Å². The van der Waals surface area contributed by atoms with Crippen LogP contribution >= 0.6 is 0 Å². The number of rotatable bonds is 4. The summed E-state index contributed by atoms with van der Waals surface area (Å²) < 4.78 is 5.18. The maximum Gasteiger partial charge on any atom is 0.356 e. The van der Waals surface area contributed by atoms with E-state index in [-0.39, 0.29) is 6.54 Å². The summed E-state index contributed by atoms with van der Waals surface area (Å²) >= 11 is 0. The van der Waals surface area contributed by atoms with Gasteiger partial charge in [0, 0.05) is 17.8 Å². The van der Waals surface area contributed by atoms with Crippen LogP contribution in [-0.2, 0) is 25.6 Å². The predicted molar refractivity (Wildman–Crippen MR) is 124 cm³/mol. The highest BCUT2D eigenvalue weighted by Gasteiger charge is 2.31. The highest BCUT2D eigenvalue weighted by molar-refractivity contribution is 5.97. The number of carbonyl (C=O) groups is 2. The average molecular weight is 446 g/mol. The molecular weight excluding hydrogens is 418 g/mol. The highest BCUT2D eigenvalue weighted by atomic mass is 16.7. The molecule has 2 heterocycles. The van der Waals surface area contributed by atoms with Gasteiger partial charge in [-0.3, -0.25) is 0 Å². The van der Waals surface area contributed by atoms with Crippen molar-refractivity contribution in [1.82, 2.24) is 5.06 Å². The van der Waals surface area contributed by atoms with Gasteiger partial charge in [-0.2, -0.15) is 5.06 Å². The zero-order valence-corrected chi connectivity index (χ0v) is 18.4. The van der Waals surface area contributed by atoms with Crippen molar-refractivity contribution < 1.29 is 19.2 Å². The third-order valence-electron chi connectivity index (χ3n) is 6.31. The molecule has 0 spiro atoms. The molecule has 1 fully saturated rings. The first kappa shape index (κ1) is 21.2. The zero-order valence-electron chi connectivity index (χ0n) is 18.4. The van der Waals surface area contributed by atoms with Crippen LogP contribution in [0.3, 0.4) is 0 Å². The van der Waals surface area contributed by atoms with Crippen LogP contribution in [0.15, 0.2) is 65.7 Å². The number of hydrogen-bond acceptors (Lipinski definition) is 7. The lowest BCUT2D eigenvalue weighted by Crippen LogP contribution is -2.35. The number of esters is 1. The third kappa shape index (κ3) is 5.25. The smallest absolute Gasteiger partial charge is 0.356 e. The number of guanidine groups is 1. The maximum absolute atomic E-state index is 11.8. The Bertz CT molecular complexity index is 1070. The molecule has 2 aliphatic heterocycles. The van der Waals surface area contributed by atoms with Gasteiger partial charge in [0.15, 0.2) is 0 Å². The van der Waals surface area contributed by atoms with Gasteiger partial charge in [-0.25, -0.2) is 14.6 Å². The predicted octanol–water partition coefficient (Wildman–Crippen LogP) is 4.31. The number of carbonyl (C=O) groups excluding carboxylic acids is 2. The minimum atomic E-state index is -0.730. The number of ether oxygens (including phenoxy) is 1. The summed E-state index contributed by atoms with van der Waals surface area (Å²) in [6.45, 7) is 0.149. The molecule has 1 N–H and O–H groups in total. The fourth-order valence-corrected chi connectivity index (χ4v) is 4.57. The van der Waals surface area contributed by atoms with Crippen molar-refractivity contribution in [3.05, 3.63) is 77.4 Å². The van der Waals surface area contributed by atoms with Gasteiger partial charge in [-0.1, -0.05) is 55.7 Å². The Morgan fingerprint density at radius 2 is 1.55 bits per heavy atom. The quantitative estimate of drug-likeness (QED) is 0.707. The summed E-state index contributed by atoms with van der Waals surface area (Å²) in [5.41, 5.74) is 4.76. The molecule has 0 aromatic heterocycles. The Labute approximate surface area is 193 Å². The number of nitrogens with zero attached hydrogens (tertiary/aromatic N) is 2. The van der Waals surface area contributed by atoms with E-state index >= 15 is 0 Å². The number of hydroxylamine groups is 2. The molecule has 5 rings (SSSR count). The number of anilines is 1. The third-order valence-corrected chi connectivity index (χ3v) is 6.31. The number of nitrogens with one attached hydrogen (secondary N) is 1. The summed E-state index contributed by atoms with van der Waals surface area (Å²) in [5.74, 6) is -0.236. The number of aliphatic imine (C=N–C) groups is 1. The molecular formula is C26H27N3O4. The molecule has 0 radical (unpaired) electrons. The van der Waals surface area contributed by atoms with Gasteiger partial charge < -0.3 is 14.9 Å². The van der Waals surface area contributed by atoms with Gasteiger partial charge in [-0.15, -0.1) is 0 Å². The van der Waals surface area contributed by atoms with Crippen molar-refractivity contribution in [1.29, 1.82) is 0 Å². The maximum atomic E-state index is 11.8. The summed E-state index contributed by atoms with van der Waals surface area (Å²) in [5, 5.41) is 4.45. The van der Waals surface area contributed by atoms with E-state index in [4.69, 9.17) is 9.57 Å². The monoisotopic (exact) mass is 445 g/mol. The van der Waals surface area contributed by atoms with E-state index in [1.165, 1.54) is 53.9 Å². The van der Waals surface area contributed by atoms with Crippen LogP contribution in [0.1, 0.15) is 54.7 Å². The number of hydrogen-bond donors (Lipinski definition) is 1. The van der Waals surface area contributed by atoms with Crippen molar-refractivity contribution in [2.45, 2.75) is 50.7 Å². The molecule has 7 heteroatoms. The zero-order chi connectivity index (χ0) is 22.6. The van der Waals surface area contributed by atoms with Crippen LogP contribution in [0.2, 0.25) is 0 Å². The second-order valence-electron chi connectivity index (χ2n) is 8.72. The molecule has 2 aromatic carbocycles. The Morgan fingerprint density at radius 1 is 0.879 bits per heavy atom. The average Bonchev–Trinajstić information content (AvgIpc) is 3.22. The van der Waals surface area contributed by atoms with Crippen LogP contribution < -0.4 is 5.32 Å². The molecule has 1 atom stereocenters. The van der Waals surface area contributed by atoms with Crippen molar-refractivity contribution in [2.24, 2.45) is 4.99 Å². The normalized spacial score (nSPS) is 21.9. The van der Waals surface area contributed by atoms with E-state index < -0.39 is 18.2 Å². The number of fused-ring (bicyclic) bond motifs is 2. The van der Waals surface area contributed by atoms with Crippen LogP contribution in [0, 0.1) is 0 Å². The summed E-state index contributed by atoms with van der Waals surface area (Å²) in [4.78, 5) is 33.0. The molecule has 1 unspecified atom stereocenters. The minimum Gasteiger partial charge on any atom is -0.434 e. The van der Waals surface area contributed by atoms with E-state index in [9.17, 15) is 9.59 Å². The first-order chi connectivity index (χ1) is 16.1. The molecule has 2 aromatic rings. The van der Waals surface area contributed by atoms with E-state index in [1.54, 1.807) is 0 Å². The van der Waals surface area contributed by atoms with Gasteiger partial charge in [0.25, 0.3) is 0 Å². The summed E-state index contributed by atoms with van der Waals surface area (Å²) in [6, 6.07) is 17.1. The van der Waals surface area contributed by atoms with E-state index in [1.807, 2.05) is 12.1 Å². The van der Waals surface area contributed by atoms with E-state index in [2.05, 4.69) is 46.7 Å². The standard InChI is InChI=1S/C26H27N3O4/c30-24-14-15-25(31)33-29-17-23(32-24)28-26(29)27-22-12-8-19(9-13-22)16-18-6-10-21(11-7-18)20-4-2-1-3-5-20/h6-15,20,23H,1-5,16-17H2,(H,27,28)/b15-14+. The highest BCUT2D eigenvalue weighted by Crippen LogP contribution is 2.32. The largest absolute Gasteiger partial charge is 0.434 e. The van der Waals surface area contributed by atoms with Crippen molar-refractivity contribution in [2.75, 3.05) is 11.9 Å². The van der Waals surface area contributed by atoms with Crippen LogP contribution in [0.25, 0.3) is 0 Å². The van der Waals surface area contributed by atoms with Gasteiger partial charge in [-0.05, 0) is 54.0 Å². The van der Waals surface area contributed by atoms with Crippen molar-refractivity contribution in [3.8, 4) is 0 Å². The van der Waals surface area contributed by atoms with Crippen molar-refractivity contribution >= 4 is 23.6 Å². The fourth-order valence-electron chi connectivity index (χ4n) is 4.57. The molecule has 3 aliphatic rings. The minimum absolute atomic E-state index is 0.149. The Balaban J connectivity index is 1.21. The molecule has 1 aliphatic carbocycles. The van der Waals surface area contributed by atoms with Crippen molar-refractivity contribution in [3.63, 3.8) is 0 Å². The number of benzene rings is 2. The Kier molecular flexibility index (Phi) is 6.11. The van der Waals surface area contributed by atoms with Gasteiger partial charge in [0.2, 0.25) is 12.2 Å². The second kappa shape index (κ2) is 9.48. The van der Waals surface area contributed by atoms with Gasteiger partial charge in [0.05, 0.1) is 0 Å². The molecule has 2 bridgehead atoms. The van der Waals surface area contributed by atoms with Crippen LogP contribution in [0.5, 0.6) is 0 Å². The SMILES string of the molecule is O=C1/C=C/C(=O)ON2CC(N=C2Nc2ccc(Cc3ccc(C4CCCCC4)cc3)cc2)O1. The molecule has 1 saturated carbocycles. The van der Waals surface area contributed by atoms with Gasteiger partial charge >= 0.3 is 11.9 Å². The second-order valence-corrected chi connectivity index (χ2v) is 8.72.